The van der Waals surface area contributed by atoms with E-state index in [0.717, 1.165) is 0 Å². The fraction of sp³-hybridized carbons (Fsp3) is 0.333. The summed E-state index contributed by atoms with van der Waals surface area (Å²) in [6.45, 7) is 2.74. The monoisotopic (exact) mass is 324 g/mol. The van der Waals surface area contributed by atoms with Gasteiger partial charge < -0.3 is 9.47 Å². The normalized spacial score (nSPS) is 12.7. The second-order valence-corrected chi connectivity index (χ2v) is 6.12. The summed E-state index contributed by atoms with van der Waals surface area (Å²) < 4.78 is 8.14. The number of ether oxygens (including phenoxy) is 2. The van der Waals surface area contributed by atoms with Crippen molar-refractivity contribution in [2.45, 2.75) is 17.6 Å². The van der Waals surface area contributed by atoms with Crippen LogP contribution in [0.15, 0.2) is 24.3 Å². The van der Waals surface area contributed by atoms with E-state index < -0.39 is 21.6 Å². The van der Waals surface area contributed by atoms with E-state index in [1.54, 1.807) is 0 Å². The van der Waals surface area contributed by atoms with Crippen molar-refractivity contribution < 1.29 is 19.1 Å². The lowest BCUT2D eigenvalue weighted by molar-refractivity contribution is -0.138. The van der Waals surface area contributed by atoms with E-state index in [9.17, 15) is 9.59 Å². The molecule has 0 fully saturated rings. The highest BCUT2D eigenvalue weighted by Crippen LogP contribution is 2.35. The van der Waals surface area contributed by atoms with Gasteiger partial charge in [-0.25, -0.2) is 0 Å². The maximum Gasteiger partial charge on any atom is 0.318 e. The Balaban J connectivity index is 2.68. The second-order valence-electron chi connectivity index (χ2n) is 3.75. The molecule has 0 amide bonds. The molecule has 1 unspecified atom stereocenters. The van der Waals surface area contributed by atoms with Crippen molar-refractivity contribution in [1.82, 2.24) is 0 Å². The average Bonchev–Trinajstić information content (AvgIpc) is 2.28. The number of alkyl halides is 3. The third kappa shape index (κ3) is 5.27. The lowest BCUT2D eigenvalue weighted by atomic mass is 10.2. The zero-order valence-corrected chi connectivity index (χ0v) is 12.4. The molecule has 0 aromatic heterocycles. The van der Waals surface area contributed by atoms with Crippen LogP contribution in [0.3, 0.4) is 0 Å². The molecule has 7 heteroatoms. The number of hydrogen-bond donors (Lipinski definition) is 0. The molecule has 0 aliphatic heterocycles. The molecule has 1 aromatic rings. The Kier molecular flexibility index (Phi) is 5.47. The van der Waals surface area contributed by atoms with Crippen LogP contribution in [0.5, 0.6) is 11.5 Å². The van der Waals surface area contributed by atoms with Crippen molar-refractivity contribution in [3.05, 3.63) is 24.3 Å². The molecule has 0 saturated heterocycles. The van der Waals surface area contributed by atoms with E-state index in [1.165, 1.54) is 38.1 Å². The van der Waals surface area contributed by atoms with E-state index in [-0.39, 0.29) is 5.75 Å². The van der Waals surface area contributed by atoms with Gasteiger partial charge in [-0.05, 0) is 31.2 Å². The summed E-state index contributed by atoms with van der Waals surface area (Å²) in [6.07, 6.45) is 0. The van der Waals surface area contributed by atoms with Gasteiger partial charge >= 0.3 is 11.9 Å². The second kappa shape index (κ2) is 6.46. The van der Waals surface area contributed by atoms with Gasteiger partial charge in [-0.3, -0.25) is 9.59 Å². The number of carbonyl (C=O) groups excluding carboxylic acids is 2. The Labute approximate surface area is 125 Å². The highest BCUT2D eigenvalue weighted by Gasteiger charge is 2.35. The number of carbonyl (C=O) groups is 2. The first-order valence-corrected chi connectivity index (χ1v) is 6.40. The first-order valence-electron chi connectivity index (χ1n) is 5.27. The fourth-order valence-corrected chi connectivity index (χ4v) is 1.35. The van der Waals surface area contributed by atoms with E-state index >= 15 is 0 Å². The van der Waals surface area contributed by atoms with Gasteiger partial charge in [-0.1, -0.05) is 34.8 Å². The van der Waals surface area contributed by atoms with Gasteiger partial charge in [0.2, 0.25) is 3.79 Å². The Morgan fingerprint density at radius 1 is 1.05 bits per heavy atom. The first kappa shape index (κ1) is 16.1. The third-order valence-electron chi connectivity index (χ3n) is 2.15. The molecule has 1 rings (SSSR count). The van der Waals surface area contributed by atoms with E-state index in [0.29, 0.717) is 5.75 Å². The van der Waals surface area contributed by atoms with Gasteiger partial charge in [0.05, 0.1) is 0 Å². The minimum absolute atomic E-state index is 0.266. The Morgan fingerprint density at radius 3 is 1.84 bits per heavy atom. The van der Waals surface area contributed by atoms with Crippen molar-refractivity contribution in [2.24, 2.45) is 5.92 Å². The largest absolute Gasteiger partial charge is 0.427 e. The lowest BCUT2D eigenvalue weighted by Gasteiger charge is -2.18. The van der Waals surface area contributed by atoms with Gasteiger partial charge in [-0.2, -0.15) is 0 Å². The summed E-state index contributed by atoms with van der Waals surface area (Å²) >= 11 is 16.8. The molecule has 0 N–H and O–H groups in total. The van der Waals surface area contributed by atoms with E-state index in [1.807, 2.05) is 0 Å². The predicted octanol–water partition coefficient (Wildman–Crippen LogP) is 3.52. The van der Waals surface area contributed by atoms with Crippen LogP contribution in [-0.4, -0.2) is 15.7 Å². The van der Waals surface area contributed by atoms with Crippen molar-refractivity contribution in [2.75, 3.05) is 0 Å². The summed E-state index contributed by atoms with van der Waals surface area (Å²) in [5.41, 5.74) is 0. The summed E-state index contributed by atoms with van der Waals surface area (Å²) in [7, 11) is 0. The van der Waals surface area contributed by atoms with Gasteiger partial charge in [-0.15, -0.1) is 0 Å². The van der Waals surface area contributed by atoms with Crippen LogP contribution in [0.2, 0.25) is 0 Å². The molecule has 0 saturated carbocycles. The van der Waals surface area contributed by atoms with Gasteiger partial charge in [0, 0.05) is 6.92 Å². The molecular weight excluding hydrogens is 314 g/mol. The first-order chi connectivity index (χ1) is 8.70. The van der Waals surface area contributed by atoms with Crippen LogP contribution in [0.25, 0.3) is 0 Å². The fourth-order valence-electron chi connectivity index (χ4n) is 1.08. The van der Waals surface area contributed by atoms with E-state index in [4.69, 9.17) is 44.3 Å². The molecule has 1 atom stereocenters. The minimum Gasteiger partial charge on any atom is -0.427 e. The smallest absolute Gasteiger partial charge is 0.318 e. The van der Waals surface area contributed by atoms with Crippen molar-refractivity contribution in [3.63, 3.8) is 0 Å². The SMILES string of the molecule is CC(=O)Oc1ccc(OC(=O)C(C)C(Cl)(Cl)Cl)cc1. The summed E-state index contributed by atoms with van der Waals surface area (Å²) in [5, 5.41) is 0. The summed E-state index contributed by atoms with van der Waals surface area (Å²) in [4.78, 5) is 22.4. The van der Waals surface area contributed by atoms with Crippen LogP contribution in [-0.2, 0) is 9.59 Å². The molecule has 0 radical (unpaired) electrons. The Morgan fingerprint density at radius 2 is 1.47 bits per heavy atom. The standard InChI is InChI=1S/C12H11Cl3O4/c1-7(12(13,14)15)11(17)19-10-5-3-9(4-6-10)18-8(2)16/h3-7H,1-2H3. The molecule has 0 aliphatic carbocycles. The number of esters is 2. The topological polar surface area (TPSA) is 52.6 Å². The van der Waals surface area contributed by atoms with Crippen molar-refractivity contribution in [3.8, 4) is 11.5 Å². The van der Waals surface area contributed by atoms with Crippen LogP contribution >= 0.6 is 34.8 Å². The maximum atomic E-state index is 11.7. The maximum absolute atomic E-state index is 11.7. The number of rotatable bonds is 3. The zero-order valence-electron chi connectivity index (χ0n) is 10.2. The highest BCUT2D eigenvalue weighted by atomic mass is 35.6. The van der Waals surface area contributed by atoms with E-state index in [2.05, 4.69) is 0 Å². The molecule has 0 spiro atoms. The molecule has 0 aliphatic rings. The van der Waals surface area contributed by atoms with Crippen LogP contribution in [0, 0.1) is 5.92 Å². The van der Waals surface area contributed by atoms with Crippen LogP contribution in [0.1, 0.15) is 13.8 Å². The van der Waals surface area contributed by atoms with Gasteiger partial charge in [0.25, 0.3) is 0 Å². The molecule has 0 heterocycles. The van der Waals surface area contributed by atoms with Crippen LogP contribution < -0.4 is 9.47 Å². The molecule has 1 aromatic carbocycles. The Hall–Kier alpha value is -0.970. The number of halogens is 3. The zero-order chi connectivity index (χ0) is 14.6. The third-order valence-corrected chi connectivity index (χ3v) is 3.13. The number of benzene rings is 1. The highest BCUT2D eigenvalue weighted by molar-refractivity contribution is 6.68. The predicted molar refractivity (Wildman–Crippen MR) is 72.8 cm³/mol. The lowest BCUT2D eigenvalue weighted by Crippen LogP contribution is -2.28. The van der Waals surface area contributed by atoms with Crippen molar-refractivity contribution in [1.29, 1.82) is 0 Å². The molecule has 104 valence electrons. The van der Waals surface area contributed by atoms with Gasteiger partial charge in [0.15, 0.2) is 0 Å². The summed E-state index contributed by atoms with van der Waals surface area (Å²) in [5.74, 6) is -1.40. The quantitative estimate of drug-likeness (QED) is 0.485. The Bertz CT molecular complexity index is 465. The molecule has 19 heavy (non-hydrogen) atoms. The molecule has 0 bridgehead atoms. The number of hydrogen-bond acceptors (Lipinski definition) is 4. The average molecular weight is 326 g/mol. The summed E-state index contributed by atoms with van der Waals surface area (Å²) in [6, 6.07) is 5.93. The van der Waals surface area contributed by atoms with Crippen molar-refractivity contribution >= 4 is 46.7 Å². The van der Waals surface area contributed by atoms with Crippen LogP contribution in [0.4, 0.5) is 0 Å². The van der Waals surface area contributed by atoms with Gasteiger partial charge in [0.1, 0.15) is 17.4 Å². The minimum atomic E-state index is -1.73. The molecular formula is C12H11Cl3O4. The molecule has 4 nitrogen and oxygen atoms in total.